The van der Waals surface area contributed by atoms with E-state index in [9.17, 15) is 0 Å². The number of methoxy groups -OCH3 is 2. The summed E-state index contributed by atoms with van der Waals surface area (Å²) < 4.78 is 10.7. The first-order chi connectivity index (χ1) is 10.8. The third-order valence-corrected chi connectivity index (χ3v) is 5.08. The average Bonchev–Trinajstić information content (AvgIpc) is 2.59. The van der Waals surface area contributed by atoms with Gasteiger partial charge in [0.25, 0.3) is 0 Å². The number of hydrogen-bond donors (Lipinski definition) is 1. The van der Waals surface area contributed by atoms with Crippen molar-refractivity contribution in [3.8, 4) is 11.5 Å². The number of fused-ring (bicyclic) bond motifs is 1. The molecule has 1 aliphatic heterocycles. The maximum absolute atomic E-state index is 5.37. The zero-order valence-corrected chi connectivity index (χ0v) is 13.8. The fraction of sp³-hybridized carbons (Fsp3) is 0.333. The van der Waals surface area contributed by atoms with Crippen molar-refractivity contribution in [3.63, 3.8) is 0 Å². The van der Waals surface area contributed by atoms with Gasteiger partial charge in [0.2, 0.25) is 0 Å². The molecule has 3 nitrogen and oxygen atoms in total. The van der Waals surface area contributed by atoms with Crippen LogP contribution in [-0.4, -0.2) is 20.0 Å². The van der Waals surface area contributed by atoms with Gasteiger partial charge < -0.3 is 14.8 Å². The smallest absolute Gasteiger partial charge is 0.161 e. The van der Waals surface area contributed by atoms with Crippen molar-refractivity contribution in [3.05, 3.63) is 53.6 Å². The van der Waals surface area contributed by atoms with Crippen LogP contribution in [0.2, 0.25) is 0 Å². The van der Waals surface area contributed by atoms with E-state index in [0.717, 1.165) is 24.5 Å². The van der Waals surface area contributed by atoms with E-state index in [2.05, 4.69) is 35.6 Å². The highest BCUT2D eigenvalue weighted by Crippen LogP contribution is 2.36. The van der Waals surface area contributed by atoms with Crippen molar-refractivity contribution >= 4 is 11.8 Å². The van der Waals surface area contributed by atoms with Crippen LogP contribution in [0.15, 0.2) is 47.4 Å². The summed E-state index contributed by atoms with van der Waals surface area (Å²) >= 11 is 1.95. The van der Waals surface area contributed by atoms with Crippen LogP contribution in [-0.2, 0) is 6.54 Å². The van der Waals surface area contributed by atoms with Gasteiger partial charge in [-0.3, -0.25) is 0 Å². The van der Waals surface area contributed by atoms with E-state index >= 15 is 0 Å². The average molecular weight is 315 g/mol. The number of thioether (sulfide) groups is 1. The third-order valence-electron chi connectivity index (χ3n) is 3.96. The Morgan fingerprint density at radius 2 is 1.91 bits per heavy atom. The second-order valence-electron chi connectivity index (χ2n) is 5.30. The van der Waals surface area contributed by atoms with E-state index in [1.807, 2.05) is 23.9 Å². The molecular weight excluding hydrogens is 294 g/mol. The van der Waals surface area contributed by atoms with Crippen LogP contribution in [0, 0.1) is 0 Å². The van der Waals surface area contributed by atoms with Crippen molar-refractivity contribution in [2.45, 2.75) is 23.9 Å². The van der Waals surface area contributed by atoms with Gasteiger partial charge in [-0.15, -0.1) is 11.8 Å². The third kappa shape index (κ3) is 3.23. The Morgan fingerprint density at radius 1 is 1.09 bits per heavy atom. The molecule has 0 unspecified atom stereocenters. The molecule has 0 bridgehead atoms. The maximum Gasteiger partial charge on any atom is 0.161 e. The highest BCUT2D eigenvalue weighted by atomic mass is 32.2. The maximum atomic E-state index is 5.37. The molecule has 116 valence electrons. The molecule has 0 saturated heterocycles. The monoisotopic (exact) mass is 315 g/mol. The molecule has 2 aromatic carbocycles. The molecule has 2 aromatic rings. The fourth-order valence-corrected chi connectivity index (χ4v) is 3.91. The lowest BCUT2D eigenvalue weighted by Gasteiger charge is -2.26. The first-order valence-electron chi connectivity index (χ1n) is 7.48. The Labute approximate surface area is 136 Å². The summed E-state index contributed by atoms with van der Waals surface area (Å²) in [5.74, 6) is 2.72. The van der Waals surface area contributed by atoms with Crippen molar-refractivity contribution < 1.29 is 9.47 Å². The van der Waals surface area contributed by atoms with Crippen molar-refractivity contribution in [1.82, 2.24) is 5.32 Å². The van der Waals surface area contributed by atoms with Gasteiger partial charge in [-0.25, -0.2) is 0 Å². The van der Waals surface area contributed by atoms with E-state index in [4.69, 9.17) is 9.47 Å². The molecule has 1 atom stereocenters. The minimum atomic E-state index is 0.422. The van der Waals surface area contributed by atoms with Crippen LogP contribution in [0.25, 0.3) is 0 Å². The number of rotatable bonds is 5. The summed E-state index contributed by atoms with van der Waals surface area (Å²) in [5, 5.41) is 3.67. The predicted octanol–water partition coefficient (Wildman–Crippen LogP) is 4.03. The Balaban J connectivity index is 1.71. The molecule has 0 radical (unpaired) electrons. The molecule has 0 amide bonds. The SMILES string of the molecule is COc1ccc(CN[C@@H]2CCSc3ccccc32)cc1OC. The van der Waals surface area contributed by atoms with Crippen molar-refractivity contribution in [2.75, 3.05) is 20.0 Å². The lowest BCUT2D eigenvalue weighted by molar-refractivity contribution is 0.354. The standard InChI is InChI=1S/C18H21NO2S/c1-20-16-8-7-13(11-17(16)21-2)12-19-15-9-10-22-18-6-4-3-5-14(15)18/h3-8,11,15,19H,9-10,12H2,1-2H3/t15-/m1/s1. The Hall–Kier alpha value is -1.65. The lowest BCUT2D eigenvalue weighted by Crippen LogP contribution is -2.24. The van der Waals surface area contributed by atoms with Gasteiger partial charge in [-0.2, -0.15) is 0 Å². The van der Waals surface area contributed by atoms with E-state index in [1.165, 1.54) is 21.8 Å². The van der Waals surface area contributed by atoms with Crippen molar-refractivity contribution in [1.29, 1.82) is 0 Å². The van der Waals surface area contributed by atoms with Gasteiger partial charge in [-0.1, -0.05) is 24.3 Å². The summed E-state index contributed by atoms with van der Waals surface area (Å²) in [5.41, 5.74) is 2.62. The summed E-state index contributed by atoms with van der Waals surface area (Å²) in [4.78, 5) is 1.40. The summed E-state index contributed by atoms with van der Waals surface area (Å²) in [6, 6.07) is 15.2. The molecule has 4 heteroatoms. The minimum Gasteiger partial charge on any atom is -0.493 e. The number of benzene rings is 2. The van der Waals surface area contributed by atoms with Gasteiger partial charge >= 0.3 is 0 Å². The number of nitrogens with one attached hydrogen (secondary N) is 1. The first-order valence-corrected chi connectivity index (χ1v) is 8.46. The Bertz CT molecular complexity index is 645. The minimum absolute atomic E-state index is 0.422. The van der Waals surface area contributed by atoms with Crippen LogP contribution < -0.4 is 14.8 Å². The molecule has 0 spiro atoms. The topological polar surface area (TPSA) is 30.5 Å². The van der Waals surface area contributed by atoms with Crippen LogP contribution in [0.5, 0.6) is 11.5 Å². The second kappa shape index (κ2) is 7.07. The van der Waals surface area contributed by atoms with Gasteiger partial charge in [0, 0.05) is 17.5 Å². The second-order valence-corrected chi connectivity index (χ2v) is 6.43. The molecule has 0 aromatic heterocycles. The van der Waals surface area contributed by atoms with E-state index in [1.54, 1.807) is 14.2 Å². The normalized spacial score (nSPS) is 16.9. The summed E-state index contributed by atoms with van der Waals surface area (Å²) in [7, 11) is 3.33. The quantitative estimate of drug-likeness (QED) is 0.902. The van der Waals surface area contributed by atoms with Crippen LogP contribution >= 0.6 is 11.8 Å². The summed E-state index contributed by atoms with van der Waals surface area (Å²) in [6.07, 6.45) is 1.16. The Morgan fingerprint density at radius 3 is 2.73 bits per heavy atom. The van der Waals surface area contributed by atoms with Gasteiger partial charge in [0.15, 0.2) is 11.5 Å². The molecule has 1 heterocycles. The van der Waals surface area contributed by atoms with Crippen LogP contribution in [0.3, 0.4) is 0 Å². The van der Waals surface area contributed by atoms with Gasteiger partial charge in [0.1, 0.15) is 0 Å². The highest BCUT2D eigenvalue weighted by molar-refractivity contribution is 7.99. The molecule has 0 saturated carbocycles. The zero-order valence-electron chi connectivity index (χ0n) is 13.0. The molecular formula is C18H21NO2S. The molecule has 22 heavy (non-hydrogen) atoms. The number of hydrogen-bond acceptors (Lipinski definition) is 4. The lowest BCUT2D eigenvalue weighted by atomic mass is 10.0. The predicted molar refractivity (Wildman–Crippen MR) is 90.9 cm³/mol. The van der Waals surface area contributed by atoms with Gasteiger partial charge in [0.05, 0.1) is 14.2 Å². The molecule has 3 rings (SSSR count). The molecule has 1 aliphatic rings. The molecule has 0 aliphatic carbocycles. The van der Waals surface area contributed by atoms with Crippen molar-refractivity contribution in [2.24, 2.45) is 0 Å². The highest BCUT2D eigenvalue weighted by Gasteiger charge is 2.19. The molecule has 0 fully saturated rings. The molecule has 1 N–H and O–H groups in total. The fourth-order valence-electron chi connectivity index (χ4n) is 2.79. The van der Waals surface area contributed by atoms with Gasteiger partial charge in [-0.05, 0) is 41.5 Å². The Kier molecular flexibility index (Phi) is 4.90. The van der Waals surface area contributed by atoms with E-state index in [-0.39, 0.29) is 0 Å². The van der Waals surface area contributed by atoms with E-state index < -0.39 is 0 Å². The van der Waals surface area contributed by atoms with Crippen LogP contribution in [0.1, 0.15) is 23.6 Å². The first kappa shape index (κ1) is 15.3. The summed E-state index contributed by atoms with van der Waals surface area (Å²) in [6.45, 7) is 0.823. The zero-order chi connectivity index (χ0) is 15.4. The van der Waals surface area contributed by atoms with E-state index in [0.29, 0.717) is 6.04 Å². The largest absolute Gasteiger partial charge is 0.493 e. The van der Waals surface area contributed by atoms with Crippen LogP contribution in [0.4, 0.5) is 0 Å². The number of ether oxygens (including phenoxy) is 2.